The Balaban J connectivity index is 0.00000361. The maximum Gasteiger partial charge on any atom is 0.334 e. The smallest absolute Gasteiger partial charge is 0.334 e. The molecule has 2 atom stereocenters. The van der Waals surface area contributed by atoms with E-state index >= 15 is 0 Å². The van der Waals surface area contributed by atoms with Crippen molar-refractivity contribution < 1.29 is 26.4 Å². The number of rotatable bonds is 6. The van der Waals surface area contributed by atoms with Crippen LogP contribution in [0.4, 0.5) is 0 Å². The van der Waals surface area contributed by atoms with Crippen molar-refractivity contribution in [2.24, 2.45) is 0 Å². The van der Waals surface area contributed by atoms with Crippen molar-refractivity contribution in [2.45, 2.75) is 39.6 Å². The van der Waals surface area contributed by atoms with Crippen LogP contribution in [0.3, 0.4) is 0 Å². The number of quaternary nitrogens is 1. The van der Waals surface area contributed by atoms with E-state index in [2.05, 4.69) is 39.6 Å². The first kappa shape index (κ1) is 18.7. The largest absolute Gasteiger partial charge is 1.00 e. The maximum absolute atomic E-state index is 11.4. The van der Waals surface area contributed by atoms with Crippen molar-refractivity contribution in [3.05, 3.63) is 48.6 Å². The van der Waals surface area contributed by atoms with Gasteiger partial charge in [0.1, 0.15) is 6.54 Å². The van der Waals surface area contributed by atoms with Gasteiger partial charge in [0.25, 0.3) is 0 Å². The molecule has 112 valence electrons. The summed E-state index contributed by atoms with van der Waals surface area (Å²) < 4.78 is 6.06. The number of carbonyl (C=O) groups excluding carboxylic acids is 1. The van der Waals surface area contributed by atoms with Gasteiger partial charge in [0.2, 0.25) is 6.23 Å². The number of esters is 1. The summed E-state index contributed by atoms with van der Waals surface area (Å²) in [5, 5.41) is 0. The van der Waals surface area contributed by atoms with E-state index in [0.29, 0.717) is 10.5 Å². The molecule has 3 nitrogen and oxygen atoms in total. The van der Waals surface area contributed by atoms with Crippen LogP contribution in [-0.2, 0) is 16.1 Å². The van der Waals surface area contributed by atoms with Crippen LogP contribution in [0.1, 0.15) is 26.3 Å². The molecule has 4 heteroatoms. The lowest BCUT2D eigenvalue weighted by Crippen LogP contribution is -3.00. The van der Waals surface area contributed by atoms with Gasteiger partial charge in [0.15, 0.2) is 0 Å². The summed E-state index contributed by atoms with van der Waals surface area (Å²) in [4.78, 5) is 11.4. The summed E-state index contributed by atoms with van der Waals surface area (Å²) in [6, 6.07) is 10.6. The maximum atomic E-state index is 11.4. The van der Waals surface area contributed by atoms with Crippen LogP contribution in [0.25, 0.3) is 0 Å². The van der Waals surface area contributed by atoms with Gasteiger partial charge < -0.3 is 17.1 Å². The second-order valence-electron chi connectivity index (χ2n) is 5.32. The van der Waals surface area contributed by atoms with Gasteiger partial charge in [0, 0.05) is 18.6 Å². The highest BCUT2D eigenvalue weighted by molar-refractivity contribution is 5.81. The molecule has 1 aromatic rings. The molecule has 0 bridgehead atoms. The molecule has 1 rings (SSSR count). The zero-order valence-electron chi connectivity index (χ0n) is 12.7. The number of carbonyl (C=O) groups is 1. The highest BCUT2D eigenvalue weighted by Crippen LogP contribution is 2.22. The summed E-state index contributed by atoms with van der Waals surface area (Å²) in [6.07, 6.45) is 0.995. The van der Waals surface area contributed by atoms with E-state index in [1.165, 1.54) is 11.6 Å². The molecule has 2 unspecified atom stereocenters. The van der Waals surface area contributed by atoms with Crippen LogP contribution in [0, 0.1) is 0 Å². The first-order valence-corrected chi connectivity index (χ1v) is 6.62. The Bertz CT molecular complexity index is 433. The number of nitrogens with zero attached hydrogens (tertiary/aromatic N) is 1. The van der Waals surface area contributed by atoms with Crippen LogP contribution in [-0.4, -0.2) is 29.8 Å². The molecular weight excluding hydrogens is 274 g/mol. The first-order valence-electron chi connectivity index (χ1n) is 6.62. The second-order valence-corrected chi connectivity index (χ2v) is 5.32. The highest BCUT2D eigenvalue weighted by atomic mass is 35.5. The van der Waals surface area contributed by atoms with Crippen LogP contribution in [0.15, 0.2) is 43.0 Å². The highest BCUT2D eigenvalue weighted by Gasteiger charge is 2.35. The number of halogens is 1. The topological polar surface area (TPSA) is 26.3 Å². The molecule has 0 aliphatic rings. The fourth-order valence-corrected chi connectivity index (χ4v) is 2.04. The second kappa shape index (κ2) is 8.08. The summed E-state index contributed by atoms with van der Waals surface area (Å²) in [5.41, 5.74) is 1.24. The fraction of sp³-hybridized carbons (Fsp3) is 0.438. The molecule has 0 aliphatic heterocycles. The Kier molecular flexibility index (Phi) is 7.54. The number of ether oxygens (including phenoxy) is 1. The molecule has 0 saturated carbocycles. The Hall–Kier alpha value is -1.32. The van der Waals surface area contributed by atoms with E-state index in [-0.39, 0.29) is 24.6 Å². The van der Waals surface area contributed by atoms with Gasteiger partial charge in [-0.15, -0.1) is 0 Å². The predicted molar refractivity (Wildman–Crippen MR) is 77.2 cm³/mol. The van der Waals surface area contributed by atoms with Crippen molar-refractivity contribution >= 4 is 5.97 Å². The molecule has 1 aromatic carbocycles. The van der Waals surface area contributed by atoms with Gasteiger partial charge in [-0.1, -0.05) is 36.9 Å². The van der Waals surface area contributed by atoms with Crippen molar-refractivity contribution in [1.82, 2.24) is 0 Å². The lowest BCUT2D eigenvalue weighted by molar-refractivity contribution is -0.980. The van der Waals surface area contributed by atoms with Gasteiger partial charge >= 0.3 is 5.97 Å². The van der Waals surface area contributed by atoms with E-state index in [1.807, 2.05) is 25.1 Å². The number of benzene rings is 1. The number of hydrogen-bond donors (Lipinski definition) is 0. The standard InChI is InChI=1S/C16H24NO2.ClH/c1-6-16(18)19-14(4)17(5,13(2)3)12-15-10-8-7-9-11-15;/h6-11,13-14H,1,12H2,2-5H3;1H/q+1;/p-1. The summed E-state index contributed by atoms with van der Waals surface area (Å²) >= 11 is 0. The fourth-order valence-electron chi connectivity index (χ4n) is 2.04. The Morgan fingerprint density at radius 1 is 1.30 bits per heavy atom. The third kappa shape index (κ3) is 4.66. The lowest BCUT2D eigenvalue weighted by Gasteiger charge is -2.42. The van der Waals surface area contributed by atoms with E-state index in [0.717, 1.165) is 6.54 Å². The monoisotopic (exact) mass is 297 g/mol. The summed E-state index contributed by atoms with van der Waals surface area (Å²) in [6.45, 7) is 10.5. The van der Waals surface area contributed by atoms with Gasteiger partial charge in [-0.25, -0.2) is 4.79 Å². The van der Waals surface area contributed by atoms with Crippen molar-refractivity contribution in [1.29, 1.82) is 0 Å². The van der Waals surface area contributed by atoms with Crippen molar-refractivity contribution in [3.8, 4) is 0 Å². The molecule has 0 aliphatic carbocycles. The zero-order valence-corrected chi connectivity index (χ0v) is 13.4. The predicted octanol–water partition coefficient (Wildman–Crippen LogP) is 0.121. The van der Waals surface area contributed by atoms with E-state index in [4.69, 9.17) is 4.74 Å². The van der Waals surface area contributed by atoms with E-state index in [1.54, 1.807) is 0 Å². The molecule has 0 fully saturated rings. The Labute approximate surface area is 128 Å². The molecule has 0 heterocycles. The van der Waals surface area contributed by atoms with Gasteiger partial charge in [0.05, 0.1) is 13.1 Å². The molecule has 0 amide bonds. The minimum Gasteiger partial charge on any atom is -1.00 e. The van der Waals surface area contributed by atoms with Crippen LogP contribution in [0.2, 0.25) is 0 Å². The first-order chi connectivity index (χ1) is 8.90. The van der Waals surface area contributed by atoms with Crippen LogP contribution in [0.5, 0.6) is 0 Å². The molecule has 0 aromatic heterocycles. The van der Waals surface area contributed by atoms with Gasteiger partial charge in [-0.3, -0.25) is 4.48 Å². The molecular formula is C16H24ClNO2. The Morgan fingerprint density at radius 3 is 2.30 bits per heavy atom. The van der Waals surface area contributed by atoms with Crippen molar-refractivity contribution in [2.75, 3.05) is 7.05 Å². The minimum atomic E-state index is -0.370. The third-order valence-corrected chi connectivity index (χ3v) is 3.83. The molecule has 0 saturated heterocycles. The van der Waals surface area contributed by atoms with Gasteiger partial charge in [-0.05, 0) is 13.8 Å². The average molecular weight is 298 g/mol. The summed E-state index contributed by atoms with van der Waals surface area (Å²) in [5.74, 6) is -0.370. The van der Waals surface area contributed by atoms with E-state index in [9.17, 15) is 4.79 Å². The average Bonchev–Trinajstić information content (AvgIpc) is 2.39. The molecule has 0 radical (unpaired) electrons. The molecule has 20 heavy (non-hydrogen) atoms. The normalized spacial score (nSPS) is 14.8. The van der Waals surface area contributed by atoms with Crippen LogP contribution >= 0.6 is 0 Å². The number of hydrogen-bond acceptors (Lipinski definition) is 2. The summed E-state index contributed by atoms with van der Waals surface area (Å²) in [7, 11) is 2.11. The minimum absolute atomic E-state index is 0. The van der Waals surface area contributed by atoms with Crippen molar-refractivity contribution in [3.63, 3.8) is 0 Å². The zero-order chi connectivity index (χ0) is 14.5. The molecule has 0 N–H and O–H groups in total. The van der Waals surface area contributed by atoms with Gasteiger partial charge in [-0.2, -0.15) is 0 Å². The quantitative estimate of drug-likeness (QED) is 0.323. The lowest BCUT2D eigenvalue weighted by atomic mass is 10.1. The SMILES string of the molecule is C=CC(=O)OC(C)[N+](C)(Cc1ccccc1)C(C)C.[Cl-]. The third-order valence-electron chi connectivity index (χ3n) is 3.83. The molecule has 0 spiro atoms. The van der Waals surface area contributed by atoms with E-state index < -0.39 is 0 Å². The van der Waals surface area contributed by atoms with Crippen LogP contribution < -0.4 is 12.4 Å². The Morgan fingerprint density at radius 2 is 1.85 bits per heavy atom.